The Morgan fingerprint density at radius 2 is 1.80 bits per heavy atom. The average molecular weight is 309 g/mol. The van der Waals surface area contributed by atoms with Gasteiger partial charge in [-0.05, 0) is 18.2 Å². The molecule has 0 unspecified atom stereocenters. The van der Waals surface area contributed by atoms with Crippen molar-refractivity contribution in [2.75, 3.05) is 0 Å². The number of ether oxygens (including phenoxy) is 1. The molecule has 0 amide bonds. The van der Waals surface area contributed by atoms with Crippen molar-refractivity contribution in [1.82, 2.24) is 0 Å². The third-order valence-electron chi connectivity index (χ3n) is 2.44. The zero-order valence-corrected chi connectivity index (χ0v) is 11.4. The fourth-order valence-electron chi connectivity index (χ4n) is 1.55. The summed E-state index contributed by atoms with van der Waals surface area (Å²) in [6.07, 6.45) is 0. The van der Waals surface area contributed by atoms with E-state index in [4.69, 9.17) is 33.2 Å². The number of hydrogen-bond acceptors (Lipinski definition) is 4. The molecule has 2 rings (SSSR count). The summed E-state index contributed by atoms with van der Waals surface area (Å²) in [5.41, 5.74) is -0.204. The molecule has 0 N–H and O–H groups in total. The van der Waals surface area contributed by atoms with Gasteiger partial charge in [0.1, 0.15) is 17.4 Å². The van der Waals surface area contributed by atoms with Crippen LogP contribution in [0.25, 0.3) is 0 Å². The van der Waals surface area contributed by atoms with Crippen LogP contribution in [0.5, 0.6) is 11.5 Å². The van der Waals surface area contributed by atoms with E-state index in [-0.39, 0.29) is 32.8 Å². The molecule has 0 aliphatic heterocycles. The van der Waals surface area contributed by atoms with Crippen molar-refractivity contribution < 1.29 is 9.66 Å². The Hall–Kier alpha value is -2.29. The maximum atomic E-state index is 11.0. The van der Waals surface area contributed by atoms with Crippen molar-refractivity contribution in [3.63, 3.8) is 0 Å². The normalized spacial score (nSPS) is 9.85. The van der Waals surface area contributed by atoms with Gasteiger partial charge in [-0.15, -0.1) is 0 Å². The number of halogens is 2. The average Bonchev–Trinajstić information content (AvgIpc) is 2.41. The van der Waals surface area contributed by atoms with Crippen LogP contribution in [0.3, 0.4) is 0 Å². The number of nitro benzene ring substituents is 1. The van der Waals surface area contributed by atoms with Crippen LogP contribution in [-0.2, 0) is 0 Å². The second kappa shape index (κ2) is 5.78. The van der Waals surface area contributed by atoms with Crippen LogP contribution in [-0.4, -0.2) is 4.92 Å². The maximum absolute atomic E-state index is 11.0. The van der Waals surface area contributed by atoms with Crippen LogP contribution >= 0.6 is 23.2 Å². The first-order chi connectivity index (χ1) is 9.54. The van der Waals surface area contributed by atoms with E-state index >= 15 is 0 Å². The third kappa shape index (κ3) is 2.67. The maximum Gasteiger partial charge on any atom is 0.313 e. The van der Waals surface area contributed by atoms with Crippen molar-refractivity contribution in [2.24, 2.45) is 0 Å². The molecule has 7 heteroatoms. The standard InChI is InChI=1S/C13H6Cl2N2O3/c14-9-3-2-6-12(8(9)7-16)20-13-10(15)4-1-5-11(13)17(18)19/h1-6H. The van der Waals surface area contributed by atoms with Crippen LogP contribution in [0, 0.1) is 21.4 Å². The predicted octanol–water partition coefficient (Wildman–Crippen LogP) is 4.57. The second-order valence-electron chi connectivity index (χ2n) is 3.67. The van der Waals surface area contributed by atoms with E-state index in [1.165, 1.54) is 30.3 Å². The highest BCUT2D eigenvalue weighted by atomic mass is 35.5. The molecule has 0 bridgehead atoms. The summed E-state index contributed by atoms with van der Waals surface area (Å²) < 4.78 is 5.42. The van der Waals surface area contributed by atoms with Gasteiger partial charge in [0, 0.05) is 6.07 Å². The van der Waals surface area contributed by atoms with Crippen LogP contribution in [0.2, 0.25) is 10.0 Å². The number of para-hydroxylation sites is 1. The van der Waals surface area contributed by atoms with Crippen molar-refractivity contribution in [3.8, 4) is 17.6 Å². The lowest BCUT2D eigenvalue weighted by Crippen LogP contribution is -1.95. The van der Waals surface area contributed by atoms with Crippen LogP contribution in [0.4, 0.5) is 5.69 Å². The molecule has 100 valence electrons. The summed E-state index contributed by atoms with van der Waals surface area (Å²) >= 11 is 11.8. The second-order valence-corrected chi connectivity index (χ2v) is 4.49. The Morgan fingerprint density at radius 1 is 1.15 bits per heavy atom. The lowest BCUT2D eigenvalue weighted by atomic mass is 10.2. The molecule has 0 spiro atoms. The summed E-state index contributed by atoms with van der Waals surface area (Å²) in [7, 11) is 0. The Morgan fingerprint density at radius 3 is 2.45 bits per heavy atom. The summed E-state index contributed by atoms with van der Waals surface area (Å²) in [5.74, 6) is -0.0193. The van der Waals surface area contributed by atoms with Gasteiger partial charge < -0.3 is 4.74 Å². The Labute approximate surface area is 124 Å². The lowest BCUT2D eigenvalue weighted by molar-refractivity contribution is -0.385. The molecule has 0 saturated heterocycles. The number of hydrogen-bond donors (Lipinski definition) is 0. The monoisotopic (exact) mass is 308 g/mol. The number of nitro groups is 1. The van der Waals surface area contributed by atoms with Crippen molar-refractivity contribution in [2.45, 2.75) is 0 Å². The van der Waals surface area contributed by atoms with Gasteiger partial charge in [-0.25, -0.2) is 0 Å². The van der Waals surface area contributed by atoms with Crippen LogP contribution in [0.15, 0.2) is 36.4 Å². The molecule has 0 aliphatic rings. The predicted molar refractivity (Wildman–Crippen MR) is 74.3 cm³/mol. The largest absolute Gasteiger partial charge is 0.447 e. The lowest BCUT2D eigenvalue weighted by Gasteiger charge is -2.09. The number of nitrogens with zero attached hydrogens (tertiary/aromatic N) is 2. The summed E-state index contributed by atoms with van der Waals surface area (Å²) in [5, 5.41) is 20.3. The van der Waals surface area contributed by atoms with Gasteiger partial charge in [-0.2, -0.15) is 5.26 Å². The highest BCUT2D eigenvalue weighted by molar-refractivity contribution is 6.32. The first-order valence-electron chi connectivity index (χ1n) is 5.34. The van der Waals surface area contributed by atoms with Gasteiger partial charge in [0.2, 0.25) is 5.75 Å². The smallest absolute Gasteiger partial charge is 0.313 e. The molecule has 0 radical (unpaired) electrons. The molecule has 0 saturated carbocycles. The summed E-state index contributed by atoms with van der Waals surface area (Å²) in [4.78, 5) is 10.3. The van der Waals surface area contributed by atoms with E-state index in [0.29, 0.717) is 0 Å². The van der Waals surface area contributed by atoms with E-state index in [2.05, 4.69) is 0 Å². The number of rotatable bonds is 3. The van der Waals surface area contributed by atoms with Gasteiger partial charge in [0.15, 0.2) is 0 Å². The van der Waals surface area contributed by atoms with Gasteiger partial charge in [-0.1, -0.05) is 35.3 Å². The summed E-state index contributed by atoms with van der Waals surface area (Å²) in [6, 6.07) is 10.6. The molecular formula is C13H6Cl2N2O3. The van der Waals surface area contributed by atoms with Crippen molar-refractivity contribution in [3.05, 3.63) is 62.1 Å². The van der Waals surface area contributed by atoms with E-state index in [1.807, 2.05) is 6.07 Å². The number of nitriles is 1. The Kier molecular flexibility index (Phi) is 4.08. The first kappa shape index (κ1) is 14.1. The quantitative estimate of drug-likeness (QED) is 0.615. The highest BCUT2D eigenvalue weighted by Crippen LogP contribution is 2.39. The Balaban J connectivity index is 2.54. The Bertz CT molecular complexity index is 726. The molecule has 0 atom stereocenters. The van der Waals surface area contributed by atoms with E-state index in [9.17, 15) is 10.1 Å². The van der Waals surface area contributed by atoms with Crippen LogP contribution < -0.4 is 4.74 Å². The van der Waals surface area contributed by atoms with Crippen LogP contribution in [0.1, 0.15) is 5.56 Å². The van der Waals surface area contributed by atoms with E-state index < -0.39 is 4.92 Å². The molecule has 2 aromatic rings. The molecular weight excluding hydrogens is 303 g/mol. The fraction of sp³-hybridized carbons (Fsp3) is 0. The minimum atomic E-state index is -0.613. The summed E-state index contributed by atoms with van der Waals surface area (Å²) in [6.45, 7) is 0. The van der Waals surface area contributed by atoms with Gasteiger partial charge in [-0.3, -0.25) is 10.1 Å². The molecule has 20 heavy (non-hydrogen) atoms. The minimum absolute atomic E-state index is 0.0723. The zero-order valence-electron chi connectivity index (χ0n) is 9.84. The molecule has 2 aromatic carbocycles. The van der Waals surface area contributed by atoms with Gasteiger partial charge >= 0.3 is 5.69 Å². The first-order valence-corrected chi connectivity index (χ1v) is 6.09. The minimum Gasteiger partial charge on any atom is -0.447 e. The molecule has 0 fully saturated rings. The zero-order chi connectivity index (χ0) is 14.7. The SMILES string of the molecule is N#Cc1c(Cl)cccc1Oc1c(Cl)cccc1[N+](=O)[O-]. The molecule has 0 aliphatic carbocycles. The van der Waals surface area contributed by atoms with E-state index in [1.54, 1.807) is 6.07 Å². The highest BCUT2D eigenvalue weighted by Gasteiger charge is 2.20. The topological polar surface area (TPSA) is 76.2 Å². The van der Waals surface area contributed by atoms with E-state index in [0.717, 1.165) is 0 Å². The van der Waals surface area contributed by atoms with Gasteiger partial charge in [0.25, 0.3) is 0 Å². The third-order valence-corrected chi connectivity index (χ3v) is 3.05. The fourth-order valence-corrected chi connectivity index (χ4v) is 1.97. The van der Waals surface area contributed by atoms with Crippen molar-refractivity contribution in [1.29, 1.82) is 5.26 Å². The molecule has 5 nitrogen and oxygen atoms in total. The van der Waals surface area contributed by atoms with Crippen molar-refractivity contribution >= 4 is 28.9 Å². The number of benzene rings is 2. The van der Waals surface area contributed by atoms with Gasteiger partial charge in [0.05, 0.1) is 15.0 Å². The molecule has 0 aromatic heterocycles. The molecule has 0 heterocycles.